The van der Waals surface area contributed by atoms with E-state index in [4.69, 9.17) is 4.74 Å². The van der Waals surface area contributed by atoms with Gasteiger partial charge in [-0.2, -0.15) is 0 Å². The number of morpholine rings is 1. The van der Waals surface area contributed by atoms with Gasteiger partial charge in [-0.25, -0.2) is 0 Å². The minimum atomic E-state index is -0.110. The zero-order valence-electron chi connectivity index (χ0n) is 11.8. The molecule has 0 unspecified atom stereocenters. The Morgan fingerprint density at radius 3 is 3.10 bits per heavy atom. The standard InChI is InChI=1S/C13H19N5O3/c19-12(9-16-6-7-21-10-13(16)20)18-4-1-2-11(18)8-17-5-3-14-15-17/h3,5,11H,1-2,4,6-10H2/t11-/m0/s1. The van der Waals surface area contributed by atoms with Gasteiger partial charge in [0, 0.05) is 19.3 Å². The summed E-state index contributed by atoms with van der Waals surface area (Å²) in [6.07, 6.45) is 5.38. The van der Waals surface area contributed by atoms with Crippen LogP contribution in [0.2, 0.25) is 0 Å². The van der Waals surface area contributed by atoms with Crippen molar-refractivity contribution in [1.82, 2.24) is 24.8 Å². The Kier molecular flexibility index (Phi) is 4.14. The number of nitrogens with zero attached hydrogens (tertiary/aromatic N) is 5. The van der Waals surface area contributed by atoms with Gasteiger partial charge < -0.3 is 14.5 Å². The maximum Gasteiger partial charge on any atom is 0.249 e. The van der Waals surface area contributed by atoms with Crippen LogP contribution in [0.5, 0.6) is 0 Å². The van der Waals surface area contributed by atoms with Gasteiger partial charge in [0.25, 0.3) is 0 Å². The van der Waals surface area contributed by atoms with E-state index in [1.807, 2.05) is 4.90 Å². The summed E-state index contributed by atoms with van der Waals surface area (Å²) in [5.74, 6) is -0.102. The lowest BCUT2D eigenvalue weighted by Gasteiger charge is -2.30. The molecule has 1 atom stereocenters. The molecule has 2 aliphatic rings. The maximum absolute atomic E-state index is 12.4. The number of carbonyl (C=O) groups is 2. The van der Waals surface area contributed by atoms with Crippen molar-refractivity contribution in [3.05, 3.63) is 12.4 Å². The van der Waals surface area contributed by atoms with Crippen molar-refractivity contribution < 1.29 is 14.3 Å². The third-order valence-electron chi connectivity index (χ3n) is 3.98. The molecule has 0 spiro atoms. The molecule has 21 heavy (non-hydrogen) atoms. The molecular weight excluding hydrogens is 274 g/mol. The molecule has 2 amide bonds. The molecule has 3 heterocycles. The van der Waals surface area contributed by atoms with Crippen molar-refractivity contribution in [2.45, 2.75) is 25.4 Å². The number of ether oxygens (including phenoxy) is 1. The number of amides is 2. The molecule has 2 fully saturated rings. The minimum absolute atomic E-state index is 0.00728. The fourth-order valence-corrected chi connectivity index (χ4v) is 2.87. The zero-order valence-corrected chi connectivity index (χ0v) is 11.8. The molecule has 0 N–H and O–H groups in total. The second kappa shape index (κ2) is 6.21. The van der Waals surface area contributed by atoms with E-state index in [1.165, 1.54) is 0 Å². The minimum Gasteiger partial charge on any atom is -0.370 e. The fourth-order valence-electron chi connectivity index (χ4n) is 2.87. The van der Waals surface area contributed by atoms with E-state index in [-0.39, 0.29) is 31.0 Å². The Morgan fingerprint density at radius 2 is 2.33 bits per heavy atom. The lowest BCUT2D eigenvalue weighted by molar-refractivity contribution is -0.148. The van der Waals surface area contributed by atoms with Crippen molar-refractivity contribution in [1.29, 1.82) is 0 Å². The Balaban J connectivity index is 1.59. The smallest absolute Gasteiger partial charge is 0.249 e. The summed E-state index contributed by atoms with van der Waals surface area (Å²) in [6.45, 7) is 2.62. The van der Waals surface area contributed by atoms with E-state index >= 15 is 0 Å². The van der Waals surface area contributed by atoms with Crippen LogP contribution >= 0.6 is 0 Å². The van der Waals surface area contributed by atoms with Crippen LogP contribution in [0.15, 0.2) is 12.4 Å². The second-order valence-corrected chi connectivity index (χ2v) is 5.38. The SMILES string of the molecule is O=C1COCCN1CC(=O)N1CCC[C@H]1Cn1ccnn1. The molecule has 0 aromatic carbocycles. The van der Waals surface area contributed by atoms with E-state index < -0.39 is 0 Å². The molecule has 114 valence electrons. The van der Waals surface area contributed by atoms with Crippen LogP contribution in [0.25, 0.3) is 0 Å². The van der Waals surface area contributed by atoms with Crippen LogP contribution in [0.3, 0.4) is 0 Å². The lowest BCUT2D eigenvalue weighted by Crippen LogP contribution is -2.49. The lowest BCUT2D eigenvalue weighted by atomic mass is 10.2. The number of hydrogen-bond acceptors (Lipinski definition) is 5. The Hall–Kier alpha value is -1.96. The highest BCUT2D eigenvalue weighted by molar-refractivity contribution is 5.86. The van der Waals surface area contributed by atoms with Gasteiger partial charge in [-0.1, -0.05) is 5.21 Å². The van der Waals surface area contributed by atoms with Gasteiger partial charge in [-0.15, -0.1) is 5.10 Å². The summed E-state index contributed by atoms with van der Waals surface area (Å²) < 4.78 is 6.82. The predicted molar refractivity (Wildman–Crippen MR) is 72.2 cm³/mol. The van der Waals surface area contributed by atoms with E-state index in [9.17, 15) is 9.59 Å². The molecule has 8 nitrogen and oxygen atoms in total. The van der Waals surface area contributed by atoms with Gasteiger partial charge in [0.2, 0.25) is 11.8 Å². The molecule has 1 aromatic rings. The predicted octanol–water partition coefficient (Wildman–Crippen LogP) is -0.872. The maximum atomic E-state index is 12.4. The van der Waals surface area contributed by atoms with E-state index in [2.05, 4.69) is 10.3 Å². The molecule has 3 rings (SSSR count). The summed E-state index contributed by atoms with van der Waals surface area (Å²) >= 11 is 0. The third kappa shape index (κ3) is 3.21. The molecule has 0 saturated carbocycles. The Labute approximate surface area is 122 Å². The fraction of sp³-hybridized carbons (Fsp3) is 0.692. The van der Waals surface area contributed by atoms with Crippen LogP contribution in [0, 0.1) is 0 Å². The van der Waals surface area contributed by atoms with Crippen LogP contribution in [-0.2, 0) is 20.9 Å². The van der Waals surface area contributed by atoms with Gasteiger partial charge in [0.05, 0.1) is 31.9 Å². The quantitative estimate of drug-likeness (QED) is 0.721. The number of rotatable bonds is 4. The molecule has 0 radical (unpaired) electrons. The van der Waals surface area contributed by atoms with Gasteiger partial charge in [0.1, 0.15) is 6.61 Å². The number of aromatic nitrogens is 3. The van der Waals surface area contributed by atoms with Gasteiger partial charge in [-0.3, -0.25) is 14.3 Å². The van der Waals surface area contributed by atoms with E-state index in [0.717, 1.165) is 19.4 Å². The van der Waals surface area contributed by atoms with E-state index in [0.29, 0.717) is 19.7 Å². The molecule has 0 aliphatic carbocycles. The Bertz CT molecular complexity index is 504. The van der Waals surface area contributed by atoms with Crippen LogP contribution in [0.4, 0.5) is 0 Å². The molecule has 1 aromatic heterocycles. The summed E-state index contributed by atoms with van der Waals surface area (Å²) in [7, 11) is 0. The van der Waals surface area contributed by atoms with Crippen molar-refractivity contribution in [3.8, 4) is 0 Å². The van der Waals surface area contributed by atoms with Crippen molar-refractivity contribution >= 4 is 11.8 Å². The number of hydrogen-bond donors (Lipinski definition) is 0. The summed E-state index contributed by atoms with van der Waals surface area (Å²) in [5.41, 5.74) is 0. The van der Waals surface area contributed by atoms with E-state index in [1.54, 1.807) is 22.0 Å². The molecular formula is C13H19N5O3. The normalized spacial score (nSPS) is 22.9. The first kappa shape index (κ1) is 14.0. The highest BCUT2D eigenvalue weighted by atomic mass is 16.5. The average Bonchev–Trinajstić information content (AvgIpc) is 3.13. The third-order valence-corrected chi connectivity index (χ3v) is 3.98. The topological polar surface area (TPSA) is 80.6 Å². The van der Waals surface area contributed by atoms with Crippen LogP contribution < -0.4 is 0 Å². The number of likely N-dealkylation sites (tertiary alicyclic amines) is 1. The molecule has 0 bridgehead atoms. The van der Waals surface area contributed by atoms with Crippen molar-refractivity contribution in [2.24, 2.45) is 0 Å². The van der Waals surface area contributed by atoms with Crippen LogP contribution in [0.1, 0.15) is 12.8 Å². The summed E-state index contributed by atoms with van der Waals surface area (Å²) in [6, 6.07) is 0.135. The van der Waals surface area contributed by atoms with Gasteiger partial charge >= 0.3 is 0 Å². The molecule has 8 heteroatoms. The molecule has 2 aliphatic heterocycles. The monoisotopic (exact) mass is 293 g/mol. The molecule has 2 saturated heterocycles. The van der Waals surface area contributed by atoms with Gasteiger partial charge in [0.15, 0.2) is 0 Å². The first-order valence-electron chi connectivity index (χ1n) is 7.23. The van der Waals surface area contributed by atoms with Crippen molar-refractivity contribution in [3.63, 3.8) is 0 Å². The zero-order chi connectivity index (χ0) is 14.7. The highest BCUT2D eigenvalue weighted by Gasteiger charge is 2.31. The second-order valence-electron chi connectivity index (χ2n) is 5.38. The first-order valence-corrected chi connectivity index (χ1v) is 7.23. The summed E-state index contributed by atoms with van der Waals surface area (Å²) in [4.78, 5) is 27.6. The summed E-state index contributed by atoms with van der Waals surface area (Å²) in [5, 5.41) is 7.73. The van der Waals surface area contributed by atoms with Gasteiger partial charge in [-0.05, 0) is 12.8 Å². The van der Waals surface area contributed by atoms with Crippen LogP contribution in [-0.4, -0.2) is 75.5 Å². The number of carbonyl (C=O) groups excluding carboxylic acids is 2. The average molecular weight is 293 g/mol. The first-order chi connectivity index (χ1) is 10.2. The highest BCUT2D eigenvalue weighted by Crippen LogP contribution is 2.19. The largest absolute Gasteiger partial charge is 0.370 e. The van der Waals surface area contributed by atoms with Crippen molar-refractivity contribution in [2.75, 3.05) is 32.8 Å². The Morgan fingerprint density at radius 1 is 1.43 bits per heavy atom.